The number of carbonyl (C=O) groups excluding carboxylic acids is 1. The van der Waals surface area contributed by atoms with Gasteiger partial charge in [-0.25, -0.2) is 4.79 Å². The third-order valence-corrected chi connectivity index (χ3v) is 2.56. The molecule has 1 heterocycles. The number of amides is 1. The molecule has 4 heteroatoms. The van der Waals surface area contributed by atoms with E-state index in [1.165, 1.54) is 16.7 Å². The fraction of sp³-hybridized carbons (Fsp3) is 0.364. The summed E-state index contributed by atoms with van der Waals surface area (Å²) in [5, 5.41) is 2.79. The second-order valence-electron chi connectivity index (χ2n) is 3.60. The maximum absolute atomic E-state index is 10.9. The molecule has 82 valence electrons. The van der Waals surface area contributed by atoms with Crippen LogP contribution in [0.3, 0.4) is 0 Å². The maximum Gasteiger partial charge on any atom is 0.407 e. The van der Waals surface area contributed by atoms with Crippen LogP contribution in [0, 0.1) is 13.8 Å². The summed E-state index contributed by atoms with van der Waals surface area (Å²) in [5.41, 5.74) is 3.57. The van der Waals surface area contributed by atoms with Crippen LogP contribution in [0.25, 0.3) is 0 Å². The normalized spacial score (nSPS) is 19.1. The van der Waals surface area contributed by atoms with E-state index >= 15 is 0 Å². The average Bonchev–Trinajstić information content (AvgIpc) is 2.51. The molecule has 1 aromatic carbocycles. The number of aryl methyl sites for hydroxylation is 2. The van der Waals surface area contributed by atoms with Crippen LogP contribution < -0.4 is 5.32 Å². The first kappa shape index (κ1) is 11.9. The summed E-state index contributed by atoms with van der Waals surface area (Å²) in [4.78, 5) is 10.9. The molecule has 0 radical (unpaired) electrons. The molecular weight excluding hydrogens is 214 g/mol. The van der Waals surface area contributed by atoms with E-state index in [0.29, 0.717) is 6.61 Å². The molecule has 1 aliphatic rings. The summed E-state index contributed by atoms with van der Waals surface area (Å²) >= 11 is 0. The Kier molecular flexibility index (Phi) is 3.58. The van der Waals surface area contributed by atoms with Gasteiger partial charge in [0.25, 0.3) is 0 Å². The van der Waals surface area contributed by atoms with Crippen LogP contribution in [-0.4, -0.2) is 12.7 Å². The number of cyclic esters (lactones) is 1. The van der Waals surface area contributed by atoms with Gasteiger partial charge in [-0.3, -0.25) is 0 Å². The van der Waals surface area contributed by atoms with Gasteiger partial charge in [-0.05, 0) is 30.5 Å². The first-order valence-corrected chi connectivity index (χ1v) is 4.68. The molecule has 2 rings (SSSR count). The lowest BCUT2D eigenvalue weighted by molar-refractivity contribution is 0.177. The molecular formula is C11H14ClNO2. The second kappa shape index (κ2) is 4.53. The molecule has 1 saturated heterocycles. The monoisotopic (exact) mass is 227 g/mol. The molecule has 1 aliphatic heterocycles. The fourth-order valence-corrected chi connectivity index (χ4v) is 1.92. The highest BCUT2D eigenvalue weighted by atomic mass is 35.5. The lowest BCUT2D eigenvalue weighted by Gasteiger charge is -2.14. The molecule has 1 atom stereocenters. The minimum absolute atomic E-state index is 0. The predicted molar refractivity (Wildman–Crippen MR) is 60.4 cm³/mol. The Bertz CT molecular complexity index is 359. The maximum atomic E-state index is 10.9. The number of alkyl carbamates (subject to hydrolysis) is 1. The van der Waals surface area contributed by atoms with E-state index in [1.807, 2.05) is 32.0 Å². The van der Waals surface area contributed by atoms with Gasteiger partial charge in [-0.15, -0.1) is 12.4 Å². The zero-order valence-corrected chi connectivity index (χ0v) is 9.56. The Morgan fingerprint density at radius 2 is 1.93 bits per heavy atom. The van der Waals surface area contributed by atoms with Gasteiger partial charge >= 0.3 is 6.09 Å². The molecule has 0 unspecified atom stereocenters. The van der Waals surface area contributed by atoms with Crippen LogP contribution in [0.2, 0.25) is 0 Å². The third-order valence-electron chi connectivity index (χ3n) is 2.56. The Morgan fingerprint density at radius 3 is 2.40 bits per heavy atom. The van der Waals surface area contributed by atoms with Gasteiger partial charge < -0.3 is 10.1 Å². The number of hydrogen-bond donors (Lipinski definition) is 1. The minimum atomic E-state index is -0.322. The lowest BCUT2D eigenvalue weighted by atomic mass is 9.97. The van der Waals surface area contributed by atoms with Gasteiger partial charge in [-0.2, -0.15) is 0 Å². The standard InChI is InChI=1S/C11H13NO2.ClH/c1-7-4-3-5-8(2)10(7)9-6-14-11(13)12-9;/h3-5,9H,6H2,1-2H3,(H,12,13);1H/t9-;/m0./s1. The van der Waals surface area contributed by atoms with Gasteiger partial charge in [0.05, 0.1) is 6.04 Å². The van der Waals surface area contributed by atoms with Crippen LogP contribution >= 0.6 is 12.4 Å². The molecule has 1 fully saturated rings. The highest BCUT2D eigenvalue weighted by Crippen LogP contribution is 2.24. The molecule has 15 heavy (non-hydrogen) atoms. The molecule has 3 nitrogen and oxygen atoms in total. The number of benzene rings is 1. The summed E-state index contributed by atoms with van der Waals surface area (Å²) in [6, 6.07) is 6.13. The van der Waals surface area contributed by atoms with E-state index in [0.717, 1.165) is 0 Å². The Balaban J connectivity index is 0.00000112. The van der Waals surface area contributed by atoms with Crippen molar-refractivity contribution in [2.24, 2.45) is 0 Å². The van der Waals surface area contributed by atoms with Crippen molar-refractivity contribution in [3.8, 4) is 0 Å². The van der Waals surface area contributed by atoms with E-state index in [1.54, 1.807) is 0 Å². The summed E-state index contributed by atoms with van der Waals surface area (Å²) in [7, 11) is 0. The number of carbonyl (C=O) groups is 1. The van der Waals surface area contributed by atoms with E-state index in [4.69, 9.17) is 4.74 Å². The van der Waals surface area contributed by atoms with Crippen LogP contribution in [0.15, 0.2) is 18.2 Å². The van der Waals surface area contributed by atoms with Gasteiger partial charge in [0.15, 0.2) is 0 Å². The Hall–Kier alpha value is -1.22. The zero-order valence-electron chi connectivity index (χ0n) is 8.74. The SMILES string of the molecule is Cc1cccc(C)c1[C@@H]1COC(=O)N1.Cl. The number of ether oxygens (including phenoxy) is 1. The second-order valence-corrected chi connectivity index (χ2v) is 3.60. The van der Waals surface area contributed by atoms with E-state index in [-0.39, 0.29) is 24.5 Å². The summed E-state index contributed by atoms with van der Waals surface area (Å²) in [6.07, 6.45) is -0.322. The number of hydrogen-bond acceptors (Lipinski definition) is 2. The summed E-state index contributed by atoms with van der Waals surface area (Å²) < 4.78 is 4.88. The lowest BCUT2D eigenvalue weighted by Crippen LogP contribution is -2.19. The number of rotatable bonds is 1. The summed E-state index contributed by atoms with van der Waals surface area (Å²) in [5.74, 6) is 0. The fourth-order valence-electron chi connectivity index (χ4n) is 1.92. The quantitative estimate of drug-likeness (QED) is 0.801. The van der Waals surface area contributed by atoms with Gasteiger partial charge in [0.2, 0.25) is 0 Å². The van der Waals surface area contributed by atoms with Gasteiger partial charge in [0, 0.05) is 0 Å². The first-order valence-electron chi connectivity index (χ1n) is 4.68. The third kappa shape index (κ3) is 2.23. The minimum Gasteiger partial charge on any atom is -0.447 e. The zero-order chi connectivity index (χ0) is 10.1. The van der Waals surface area contributed by atoms with Gasteiger partial charge in [-0.1, -0.05) is 18.2 Å². The number of nitrogens with one attached hydrogen (secondary N) is 1. The molecule has 0 aromatic heterocycles. The van der Waals surface area contributed by atoms with E-state index in [9.17, 15) is 4.79 Å². The number of halogens is 1. The molecule has 0 saturated carbocycles. The highest BCUT2D eigenvalue weighted by Gasteiger charge is 2.25. The van der Waals surface area contributed by atoms with Crippen molar-refractivity contribution in [3.05, 3.63) is 34.9 Å². The molecule has 1 amide bonds. The highest BCUT2D eigenvalue weighted by molar-refractivity contribution is 5.85. The van der Waals surface area contributed by atoms with Crippen molar-refractivity contribution in [2.45, 2.75) is 19.9 Å². The molecule has 1 N–H and O–H groups in total. The first-order chi connectivity index (χ1) is 6.68. The average molecular weight is 228 g/mol. The van der Waals surface area contributed by atoms with Crippen molar-refractivity contribution >= 4 is 18.5 Å². The smallest absolute Gasteiger partial charge is 0.407 e. The largest absolute Gasteiger partial charge is 0.447 e. The van der Waals surface area contributed by atoms with Crippen LogP contribution in [-0.2, 0) is 4.74 Å². The summed E-state index contributed by atoms with van der Waals surface area (Å²) in [6.45, 7) is 4.53. The van der Waals surface area contributed by atoms with Crippen molar-refractivity contribution in [1.29, 1.82) is 0 Å². The molecule has 0 bridgehead atoms. The molecule has 0 aliphatic carbocycles. The van der Waals surface area contributed by atoms with E-state index in [2.05, 4.69) is 5.32 Å². The van der Waals surface area contributed by atoms with Crippen LogP contribution in [0.1, 0.15) is 22.7 Å². The van der Waals surface area contributed by atoms with Gasteiger partial charge in [0.1, 0.15) is 6.61 Å². The Morgan fingerprint density at radius 1 is 1.33 bits per heavy atom. The van der Waals surface area contributed by atoms with Crippen LogP contribution in [0.4, 0.5) is 4.79 Å². The van der Waals surface area contributed by atoms with E-state index < -0.39 is 0 Å². The van der Waals surface area contributed by atoms with Crippen LogP contribution in [0.5, 0.6) is 0 Å². The van der Waals surface area contributed by atoms with Crippen molar-refractivity contribution in [2.75, 3.05) is 6.61 Å². The molecule has 1 aromatic rings. The van der Waals surface area contributed by atoms with Crippen molar-refractivity contribution < 1.29 is 9.53 Å². The van der Waals surface area contributed by atoms with Crippen molar-refractivity contribution in [3.63, 3.8) is 0 Å². The Labute approximate surface area is 95.2 Å². The predicted octanol–water partition coefficient (Wildman–Crippen LogP) is 2.51. The molecule has 0 spiro atoms. The topological polar surface area (TPSA) is 38.3 Å². The van der Waals surface area contributed by atoms with Crippen molar-refractivity contribution in [1.82, 2.24) is 5.32 Å².